The number of nitrogens with zero attached hydrogens (tertiary/aromatic N) is 9. The number of nitrogens with two attached hydrogens (primary N) is 4. The average Bonchev–Trinajstić information content (AvgIpc) is 1.73. The van der Waals surface area contributed by atoms with Crippen molar-refractivity contribution in [2.24, 2.45) is 0 Å². The number of nitrogens with one attached hydrogen (secondary N) is 3. The molecule has 0 atom stereocenters. The van der Waals surface area contributed by atoms with E-state index in [1.54, 1.807) is 36.1 Å². The van der Waals surface area contributed by atoms with E-state index >= 15 is 0 Å². The number of aromatic nitrogens is 4. The molecule has 7 aliphatic rings. The number of thiophene rings is 1. The second kappa shape index (κ2) is 36.0. The molecule has 9 heterocycles. The van der Waals surface area contributed by atoms with Crippen LogP contribution in [0, 0.1) is 6.92 Å². The van der Waals surface area contributed by atoms with Gasteiger partial charge in [-0.2, -0.15) is 0 Å². The number of pyridine rings is 1. The number of Topliss-reactive ketones (excluding diaryl/α,β-unsaturated/α-hetero) is 4. The summed E-state index contributed by atoms with van der Waals surface area (Å²) in [5.41, 5.74) is 40.9. The summed E-state index contributed by atoms with van der Waals surface area (Å²) in [6.07, 6.45) is 29.9. The molecule has 24 heteroatoms. The highest BCUT2D eigenvalue weighted by atomic mass is 32.1. The molecular weight excluding hydrogens is 1410 g/mol. The van der Waals surface area contributed by atoms with E-state index in [0.717, 1.165) is 205 Å². The molecule has 3 aliphatic carbocycles. The number of likely N-dealkylation sites (N-methyl/N-ethyl adjacent to an activating group) is 1. The lowest BCUT2D eigenvalue weighted by atomic mass is 9.98. The monoisotopic (exact) mass is 1500 g/mol. The van der Waals surface area contributed by atoms with E-state index in [-0.39, 0.29) is 29.6 Å². The number of piperazine rings is 4. The van der Waals surface area contributed by atoms with Crippen LogP contribution in [-0.4, -0.2) is 160 Å². The maximum absolute atomic E-state index is 13.0. The molecule has 16 rings (SSSR count). The molecule has 0 saturated carbocycles. The molecule has 0 bridgehead atoms. The third-order valence-corrected chi connectivity index (χ3v) is 24.5. The minimum atomic E-state index is 0.0486. The Hall–Kier alpha value is -10.0. The molecule has 0 amide bonds. The van der Waals surface area contributed by atoms with Crippen molar-refractivity contribution in [2.45, 2.75) is 51.9 Å². The number of carbonyl (C=O) groups excluding carboxylic acids is 4. The summed E-state index contributed by atoms with van der Waals surface area (Å²) in [5, 5.41) is 14.0. The van der Waals surface area contributed by atoms with Gasteiger partial charge in [-0.3, -0.25) is 24.2 Å². The van der Waals surface area contributed by atoms with E-state index in [0.29, 0.717) is 51.8 Å². The lowest BCUT2D eigenvalue weighted by molar-refractivity contribution is 0.0988. The summed E-state index contributed by atoms with van der Waals surface area (Å²) in [7, 11) is 2.13. The first-order valence-corrected chi connectivity index (χ1v) is 39.8. The third kappa shape index (κ3) is 19.6. The maximum atomic E-state index is 13.0. The fourth-order valence-corrected chi connectivity index (χ4v) is 17.3. The summed E-state index contributed by atoms with van der Waals surface area (Å²) < 4.78 is 0. The summed E-state index contributed by atoms with van der Waals surface area (Å²) in [5.74, 6) is 0.357. The molecule has 4 fully saturated rings. The Labute approximate surface area is 642 Å². The lowest BCUT2D eigenvalue weighted by Crippen LogP contribution is -2.44. The number of thiazole rings is 3. The number of hydrogen-bond acceptors (Lipinski definition) is 24. The first kappa shape index (κ1) is 75.2. The zero-order chi connectivity index (χ0) is 74.2. The second-order valence-electron chi connectivity index (χ2n) is 27.3. The Morgan fingerprint density at radius 2 is 0.804 bits per heavy atom. The third-order valence-electron chi connectivity index (χ3n) is 19.8. The molecule has 0 spiro atoms. The Morgan fingerprint density at radius 1 is 0.411 bits per heavy atom. The van der Waals surface area contributed by atoms with Gasteiger partial charge in [0.25, 0.3) is 0 Å². The number of nitrogen functional groups attached to an aromatic ring is 4. The summed E-state index contributed by atoms with van der Waals surface area (Å²) in [6, 6.07) is 31.7. The summed E-state index contributed by atoms with van der Waals surface area (Å²) in [6.45, 7) is 17.3. The van der Waals surface area contributed by atoms with Crippen LogP contribution < -0.4 is 58.5 Å². The minimum Gasteiger partial charge on any atom is -0.398 e. The van der Waals surface area contributed by atoms with Gasteiger partial charge in [0, 0.05) is 166 Å². The topological polar surface area (TPSA) is 276 Å². The SMILES string of the molecule is CN1CCN(c2ncc(C(=O)Cc3cc(C4=CC=CC4)ccc3N)s2)CC1.Cc1nc(N2CCNCC2)sc1C(=O)Cc1cc(C2=CC=CC2)ccc1N.Nc1ccc(-c2ccncc2)cc1CC(=O)c1cnc(N2CCNCC2)s1.Nc1ccc(C2=CC=CC2)cc1CC(=O)c1ccc(N2CCNCC2)s1. The van der Waals surface area contributed by atoms with Crippen LogP contribution in [0.4, 0.5) is 43.1 Å². The summed E-state index contributed by atoms with van der Waals surface area (Å²) >= 11 is 6.04. The van der Waals surface area contributed by atoms with Crippen molar-refractivity contribution in [3.8, 4) is 11.1 Å². The van der Waals surface area contributed by atoms with Crippen LogP contribution >= 0.6 is 45.3 Å². The predicted molar refractivity (Wildman–Crippen MR) is 444 cm³/mol. The molecule has 4 aromatic carbocycles. The van der Waals surface area contributed by atoms with Crippen molar-refractivity contribution >= 4 is 128 Å². The molecular formula is C83H92N16O4S4. The number of anilines is 8. The Kier molecular flexibility index (Phi) is 25.3. The van der Waals surface area contributed by atoms with Crippen LogP contribution in [0.2, 0.25) is 0 Å². The number of ketones is 4. The summed E-state index contributed by atoms with van der Waals surface area (Å²) in [4.78, 5) is 83.3. The van der Waals surface area contributed by atoms with Crippen molar-refractivity contribution in [3.05, 3.63) is 241 Å². The first-order chi connectivity index (χ1) is 52.1. The van der Waals surface area contributed by atoms with Crippen LogP contribution in [0.15, 0.2) is 177 Å². The number of allylic oxidation sites excluding steroid dienone is 12. The number of benzene rings is 4. The number of aryl methyl sites for hydroxylation is 1. The fourth-order valence-electron chi connectivity index (χ4n) is 13.5. The average molecular weight is 1510 g/mol. The predicted octanol–water partition coefficient (Wildman–Crippen LogP) is 12.6. The maximum Gasteiger partial charge on any atom is 0.186 e. The van der Waals surface area contributed by atoms with Crippen LogP contribution in [0.5, 0.6) is 0 Å². The zero-order valence-electron chi connectivity index (χ0n) is 60.6. The number of carbonyl (C=O) groups is 4. The van der Waals surface area contributed by atoms with E-state index in [4.69, 9.17) is 22.9 Å². The van der Waals surface area contributed by atoms with Crippen molar-refractivity contribution in [1.29, 1.82) is 0 Å². The van der Waals surface area contributed by atoms with Gasteiger partial charge in [-0.05, 0) is 173 Å². The first-order valence-electron chi connectivity index (χ1n) is 36.6. The molecule has 20 nitrogen and oxygen atoms in total. The van der Waals surface area contributed by atoms with Crippen molar-refractivity contribution in [1.82, 2.24) is 40.8 Å². The van der Waals surface area contributed by atoms with Gasteiger partial charge in [0.2, 0.25) is 0 Å². The highest BCUT2D eigenvalue weighted by Crippen LogP contribution is 2.35. The van der Waals surface area contributed by atoms with E-state index in [1.807, 2.05) is 79.7 Å². The number of hydrogen-bond donors (Lipinski definition) is 7. The van der Waals surface area contributed by atoms with Gasteiger partial charge in [0.15, 0.2) is 38.5 Å². The van der Waals surface area contributed by atoms with Gasteiger partial charge >= 0.3 is 0 Å². The number of rotatable bonds is 20. The molecule has 11 N–H and O–H groups in total. The van der Waals surface area contributed by atoms with Gasteiger partial charge in [-0.1, -0.05) is 113 Å². The molecule has 5 aromatic heterocycles. The highest BCUT2D eigenvalue weighted by Gasteiger charge is 2.25. The van der Waals surface area contributed by atoms with E-state index < -0.39 is 0 Å². The highest BCUT2D eigenvalue weighted by molar-refractivity contribution is 7.18. The molecule has 9 aromatic rings. The van der Waals surface area contributed by atoms with Gasteiger partial charge < -0.3 is 63.4 Å². The normalized spacial score (nSPS) is 16.3. The Morgan fingerprint density at radius 3 is 1.24 bits per heavy atom. The molecule has 0 unspecified atom stereocenters. The Bertz CT molecular complexity index is 4840. The van der Waals surface area contributed by atoms with Crippen molar-refractivity contribution in [3.63, 3.8) is 0 Å². The van der Waals surface area contributed by atoms with Crippen LogP contribution in [-0.2, 0) is 25.7 Å². The fraction of sp³-hybridized carbons (Fsp3) is 0.301. The van der Waals surface area contributed by atoms with E-state index in [2.05, 4.69) is 146 Å². The van der Waals surface area contributed by atoms with E-state index in [9.17, 15) is 19.2 Å². The second-order valence-corrected chi connectivity index (χ2v) is 31.4. The van der Waals surface area contributed by atoms with Crippen LogP contribution in [0.1, 0.15) is 103 Å². The molecule has 0 radical (unpaired) electrons. The van der Waals surface area contributed by atoms with Gasteiger partial charge in [-0.25, -0.2) is 15.0 Å². The molecule has 552 valence electrons. The quantitative estimate of drug-likeness (QED) is 0.0276. The van der Waals surface area contributed by atoms with Gasteiger partial charge in [-0.15, -0.1) is 11.3 Å². The zero-order valence-corrected chi connectivity index (χ0v) is 63.9. The lowest BCUT2D eigenvalue weighted by Gasteiger charge is -2.32. The minimum absolute atomic E-state index is 0.0486. The van der Waals surface area contributed by atoms with Crippen molar-refractivity contribution in [2.75, 3.05) is 154 Å². The molecule has 107 heavy (non-hydrogen) atoms. The standard InChI is InChI=1S/2C21H24N4OS.C21H23N3OS.C20H21N5OS/c1-24-8-10-25(11-9-24)21-23-14-20(27-21)19(26)13-17-12-16(6-7-18(17)22)15-4-2-3-5-15;1-14-20(27-21(24-14)25-10-8-23-9-11-25)19(26)13-17-12-16(6-7-18(17)22)15-4-2-3-5-15;22-18-6-5-16(15-3-1-2-4-15)13-17(18)14-19(25)20-7-8-21(26-20)24-11-9-23-10-12-24;21-17-2-1-15(14-3-5-22-6-4-14)11-16(17)12-18(26)19-13-24-20(27-19)25-9-7-23-8-10-25/h2-4,6-7,12,14H,5,8-11,13,22H2,1H3;2-4,6-7,12,23H,5,8-11,13,22H2,1H3;1-3,5-8,13,23H,4,9-12,14,22H2;1-6,11,13,23H,7-10,12,21H2. The molecule has 4 aliphatic heterocycles. The Balaban J connectivity index is 0.000000126. The smallest absolute Gasteiger partial charge is 0.186 e. The molecule has 4 saturated heterocycles. The van der Waals surface area contributed by atoms with Crippen molar-refractivity contribution < 1.29 is 19.2 Å². The largest absolute Gasteiger partial charge is 0.398 e. The van der Waals surface area contributed by atoms with Gasteiger partial charge in [0.05, 0.1) is 42.6 Å². The van der Waals surface area contributed by atoms with Gasteiger partial charge in [0.1, 0.15) is 0 Å². The van der Waals surface area contributed by atoms with Crippen LogP contribution in [0.3, 0.4) is 0 Å². The van der Waals surface area contributed by atoms with E-state index in [1.165, 1.54) is 55.7 Å². The van der Waals surface area contributed by atoms with Crippen LogP contribution in [0.25, 0.3) is 27.8 Å².